The maximum absolute atomic E-state index is 13.2. The summed E-state index contributed by atoms with van der Waals surface area (Å²) in [6.07, 6.45) is -9.58. The van der Waals surface area contributed by atoms with Gasteiger partial charge in [-0.3, -0.25) is 0 Å². The Labute approximate surface area is 161 Å². The topological polar surface area (TPSA) is 53.3 Å². The van der Waals surface area contributed by atoms with Crippen LogP contribution in [0.3, 0.4) is 0 Å². The van der Waals surface area contributed by atoms with E-state index in [0.717, 1.165) is 12.1 Å². The number of esters is 1. The molecule has 4 nitrogen and oxygen atoms in total. The van der Waals surface area contributed by atoms with Crippen molar-refractivity contribution in [3.05, 3.63) is 64.7 Å². The molecule has 0 saturated heterocycles. The Morgan fingerprint density at radius 3 is 2.17 bits per heavy atom. The van der Waals surface area contributed by atoms with Gasteiger partial charge in [-0.25, -0.2) is 4.79 Å². The number of halogens is 6. The molecule has 10 heteroatoms. The number of hydrogen-bond acceptors (Lipinski definition) is 4. The van der Waals surface area contributed by atoms with Gasteiger partial charge in [0.2, 0.25) is 0 Å². The summed E-state index contributed by atoms with van der Waals surface area (Å²) in [5, 5.41) is 8.84. The van der Waals surface area contributed by atoms with Gasteiger partial charge in [-0.15, -0.1) is 0 Å². The smallest absolute Gasteiger partial charge is 0.417 e. The van der Waals surface area contributed by atoms with E-state index in [4.69, 9.17) is 5.26 Å². The van der Waals surface area contributed by atoms with Gasteiger partial charge in [-0.2, -0.15) is 31.6 Å². The number of carbonyl (C=O) groups is 1. The first-order valence-corrected chi connectivity index (χ1v) is 8.05. The van der Waals surface area contributed by atoms with Crippen molar-refractivity contribution in [2.24, 2.45) is 0 Å². The van der Waals surface area contributed by atoms with Crippen molar-refractivity contribution in [2.75, 3.05) is 18.6 Å². The number of carbonyl (C=O) groups excluding carboxylic acids is 1. The highest BCUT2D eigenvalue weighted by Gasteiger charge is 2.36. The van der Waals surface area contributed by atoms with Gasteiger partial charge < -0.3 is 9.64 Å². The highest BCUT2D eigenvalue weighted by Crippen LogP contribution is 2.35. The quantitative estimate of drug-likeness (QED) is 0.512. The predicted molar refractivity (Wildman–Crippen MR) is 91.0 cm³/mol. The number of nitriles is 1. The molecule has 0 amide bonds. The number of nitrogens with zero attached hydrogens (tertiary/aromatic N) is 2. The van der Waals surface area contributed by atoms with Crippen LogP contribution in [0.25, 0.3) is 0 Å². The van der Waals surface area contributed by atoms with E-state index in [9.17, 15) is 31.1 Å². The Morgan fingerprint density at radius 1 is 1.07 bits per heavy atom. The number of hydrogen-bond donors (Lipinski definition) is 0. The number of rotatable bonds is 5. The van der Waals surface area contributed by atoms with E-state index in [1.165, 1.54) is 37.4 Å². The Balaban J connectivity index is 2.41. The van der Waals surface area contributed by atoms with E-state index < -0.39 is 36.0 Å². The van der Waals surface area contributed by atoms with Crippen molar-refractivity contribution in [3.8, 4) is 6.07 Å². The summed E-state index contributed by atoms with van der Waals surface area (Å²) >= 11 is 0. The van der Waals surface area contributed by atoms with Crippen LogP contribution in [0.2, 0.25) is 0 Å². The van der Waals surface area contributed by atoms with Crippen LogP contribution in [0.15, 0.2) is 42.5 Å². The molecule has 0 fully saturated rings. The van der Waals surface area contributed by atoms with E-state index in [1.807, 2.05) is 0 Å². The van der Waals surface area contributed by atoms with Crippen LogP contribution >= 0.6 is 0 Å². The summed E-state index contributed by atoms with van der Waals surface area (Å²) in [5.74, 6) is -0.634. The van der Waals surface area contributed by atoms with Crippen LogP contribution in [0, 0.1) is 11.3 Å². The minimum absolute atomic E-state index is 0.177. The summed E-state index contributed by atoms with van der Waals surface area (Å²) in [4.78, 5) is 12.1. The number of benzene rings is 2. The molecule has 0 radical (unpaired) electrons. The lowest BCUT2D eigenvalue weighted by Gasteiger charge is -2.27. The maximum atomic E-state index is 13.2. The zero-order valence-electron chi connectivity index (χ0n) is 14.9. The van der Waals surface area contributed by atoms with Gasteiger partial charge in [0.1, 0.15) is 6.54 Å². The summed E-state index contributed by atoms with van der Waals surface area (Å²) < 4.78 is 83.1. The fraction of sp³-hybridized carbons (Fsp3) is 0.263. The van der Waals surface area contributed by atoms with Crippen LogP contribution in [0.5, 0.6) is 0 Å². The second-order valence-corrected chi connectivity index (χ2v) is 6.00. The number of alkyl halides is 6. The van der Waals surface area contributed by atoms with Crippen molar-refractivity contribution in [2.45, 2.75) is 18.9 Å². The van der Waals surface area contributed by atoms with Gasteiger partial charge in [0.05, 0.1) is 29.9 Å². The van der Waals surface area contributed by atoms with E-state index in [0.29, 0.717) is 16.5 Å². The van der Waals surface area contributed by atoms with Crippen molar-refractivity contribution < 1.29 is 35.9 Å². The van der Waals surface area contributed by atoms with Gasteiger partial charge in [0, 0.05) is 12.2 Å². The fourth-order valence-electron chi connectivity index (χ4n) is 2.60. The third-order valence-electron chi connectivity index (χ3n) is 3.91. The van der Waals surface area contributed by atoms with Crippen LogP contribution in [-0.4, -0.2) is 25.8 Å². The van der Waals surface area contributed by atoms with Gasteiger partial charge in [0.15, 0.2) is 0 Å². The highest BCUT2D eigenvalue weighted by atomic mass is 19.4. The molecule has 0 unspecified atom stereocenters. The Bertz CT molecular complexity index is 914. The monoisotopic (exact) mass is 416 g/mol. The van der Waals surface area contributed by atoms with Crippen molar-refractivity contribution in [1.29, 1.82) is 5.26 Å². The average molecular weight is 416 g/mol. The van der Waals surface area contributed by atoms with Crippen LogP contribution < -0.4 is 4.90 Å². The molecule has 154 valence electrons. The van der Waals surface area contributed by atoms with E-state index in [2.05, 4.69) is 4.74 Å². The van der Waals surface area contributed by atoms with Crippen molar-refractivity contribution >= 4 is 11.7 Å². The normalized spacial score (nSPS) is 11.7. The lowest BCUT2D eigenvalue weighted by atomic mass is 10.1. The molecule has 0 aliphatic heterocycles. The Kier molecular flexibility index (Phi) is 6.41. The molecule has 0 bridgehead atoms. The van der Waals surface area contributed by atoms with Crippen LogP contribution in [0.1, 0.15) is 27.0 Å². The molecule has 0 N–H and O–H groups in total. The third-order valence-corrected chi connectivity index (χ3v) is 3.91. The van der Waals surface area contributed by atoms with Gasteiger partial charge in [0.25, 0.3) is 0 Å². The van der Waals surface area contributed by atoms with Crippen molar-refractivity contribution in [1.82, 2.24) is 0 Å². The summed E-state index contributed by atoms with van der Waals surface area (Å²) in [5.41, 5.74) is -1.83. The van der Waals surface area contributed by atoms with Gasteiger partial charge in [-0.05, 0) is 35.9 Å². The fourth-order valence-corrected chi connectivity index (χ4v) is 2.60. The Morgan fingerprint density at radius 2 is 1.69 bits per heavy atom. The molecular formula is C19H14F6N2O2. The molecular weight excluding hydrogens is 402 g/mol. The number of methoxy groups -OCH3 is 1. The highest BCUT2D eigenvalue weighted by molar-refractivity contribution is 5.89. The SMILES string of the molecule is COC(=O)c1ccc(CN(CC(F)(F)F)c2ccc(C#N)c(C(F)(F)F)c2)cc1. The maximum Gasteiger partial charge on any atom is 0.417 e. The summed E-state index contributed by atoms with van der Waals surface area (Å²) in [6, 6.07) is 9.21. The van der Waals surface area contributed by atoms with Gasteiger partial charge in [-0.1, -0.05) is 12.1 Å². The first-order chi connectivity index (χ1) is 13.4. The molecule has 2 aromatic rings. The molecule has 0 saturated carbocycles. The lowest BCUT2D eigenvalue weighted by molar-refractivity contribution is -0.137. The standard InChI is InChI=1S/C19H14F6N2O2/c1-29-17(28)13-4-2-12(3-5-13)10-27(11-18(20,21)22)15-7-6-14(9-26)16(8-15)19(23,24)25/h2-8H,10-11H2,1H3. The molecule has 0 spiro atoms. The number of ether oxygens (including phenoxy) is 1. The third kappa shape index (κ3) is 5.88. The molecule has 2 aromatic carbocycles. The molecule has 0 aliphatic carbocycles. The van der Waals surface area contributed by atoms with Gasteiger partial charge >= 0.3 is 18.3 Å². The molecule has 0 atom stereocenters. The summed E-state index contributed by atoms with van der Waals surface area (Å²) in [7, 11) is 1.17. The lowest BCUT2D eigenvalue weighted by Crippen LogP contribution is -2.34. The van der Waals surface area contributed by atoms with E-state index in [1.54, 1.807) is 0 Å². The summed E-state index contributed by atoms with van der Waals surface area (Å²) in [6.45, 7) is -1.88. The van der Waals surface area contributed by atoms with Crippen LogP contribution in [0.4, 0.5) is 32.0 Å². The first-order valence-electron chi connectivity index (χ1n) is 8.05. The predicted octanol–water partition coefficient (Wildman–Crippen LogP) is 4.93. The zero-order chi connectivity index (χ0) is 21.8. The molecule has 0 aromatic heterocycles. The Hall–Kier alpha value is -3.22. The largest absolute Gasteiger partial charge is 0.465 e. The zero-order valence-corrected chi connectivity index (χ0v) is 14.9. The van der Waals surface area contributed by atoms with Crippen LogP contribution in [-0.2, 0) is 17.5 Å². The first kappa shape index (κ1) is 22.1. The van der Waals surface area contributed by atoms with E-state index in [-0.39, 0.29) is 17.8 Å². The molecule has 0 aliphatic rings. The second-order valence-electron chi connectivity index (χ2n) is 6.00. The molecule has 0 heterocycles. The minimum Gasteiger partial charge on any atom is -0.465 e. The number of anilines is 1. The average Bonchev–Trinajstić information content (AvgIpc) is 2.65. The molecule has 2 rings (SSSR count). The minimum atomic E-state index is -4.90. The molecule has 29 heavy (non-hydrogen) atoms. The van der Waals surface area contributed by atoms with E-state index >= 15 is 0 Å². The second kappa shape index (κ2) is 8.43. The van der Waals surface area contributed by atoms with Crippen molar-refractivity contribution in [3.63, 3.8) is 0 Å².